The van der Waals surface area contributed by atoms with E-state index in [2.05, 4.69) is 4.98 Å². The molecule has 6 heteroatoms. The van der Waals surface area contributed by atoms with Crippen LogP contribution in [0.4, 0.5) is 0 Å². The number of hydrogen-bond donors (Lipinski definition) is 3. The minimum atomic E-state index is -1.40. The van der Waals surface area contributed by atoms with Crippen molar-refractivity contribution < 1.29 is 24.4 Å². The summed E-state index contributed by atoms with van der Waals surface area (Å²) in [7, 11) is 0. The van der Waals surface area contributed by atoms with Crippen LogP contribution >= 0.6 is 0 Å². The number of aliphatic carboxylic acids is 2. The molecule has 0 saturated heterocycles. The monoisotopic (exact) mass is 185 g/mol. The van der Waals surface area contributed by atoms with Gasteiger partial charge >= 0.3 is 11.9 Å². The van der Waals surface area contributed by atoms with Gasteiger partial charge in [-0.15, -0.1) is 0 Å². The van der Waals surface area contributed by atoms with Gasteiger partial charge in [-0.2, -0.15) is 0 Å². The van der Waals surface area contributed by atoms with Crippen LogP contribution in [0.25, 0.3) is 0 Å². The fourth-order valence-corrected chi connectivity index (χ4v) is 0.907. The Balaban J connectivity index is 2.69. The van der Waals surface area contributed by atoms with Gasteiger partial charge in [-0.3, -0.25) is 14.6 Å². The molecular formula is C7H9N2O4+. The first-order chi connectivity index (χ1) is 6.11. The molecule has 0 fully saturated rings. The Labute approximate surface area is 73.4 Å². The first-order valence-corrected chi connectivity index (χ1v) is 3.58. The van der Waals surface area contributed by atoms with Gasteiger partial charge in [-0.05, 0) is 0 Å². The van der Waals surface area contributed by atoms with E-state index in [1.165, 1.54) is 10.9 Å². The molecule has 0 saturated carbocycles. The van der Waals surface area contributed by atoms with Crippen LogP contribution in [0.2, 0.25) is 0 Å². The SMILES string of the molecule is O=C(O)C(C[n+]1cc[nH]c1)C(=O)O. The van der Waals surface area contributed by atoms with Crippen LogP contribution in [0.5, 0.6) is 0 Å². The second kappa shape index (κ2) is 3.70. The fourth-order valence-electron chi connectivity index (χ4n) is 0.907. The van der Waals surface area contributed by atoms with E-state index in [-0.39, 0.29) is 6.54 Å². The molecule has 0 aliphatic rings. The van der Waals surface area contributed by atoms with Crippen molar-refractivity contribution in [2.75, 3.05) is 0 Å². The van der Waals surface area contributed by atoms with E-state index in [9.17, 15) is 9.59 Å². The molecule has 0 aromatic carbocycles. The molecule has 1 rings (SSSR count). The zero-order chi connectivity index (χ0) is 9.84. The lowest BCUT2D eigenvalue weighted by Crippen LogP contribution is -2.41. The summed E-state index contributed by atoms with van der Waals surface area (Å²) < 4.78 is 1.47. The van der Waals surface area contributed by atoms with E-state index in [0.29, 0.717) is 0 Å². The molecule has 0 aliphatic heterocycles. The molecule has 1 aromatic heterocycles. The first-order valence-electron chi connectivity index (χ1n) is 3.58. The van der Waals surface area contributed by atoms with Gasteiger partial charge in [0, 0.05) is 0 Å². The number of imidazole rings is 1. The van der Waals surface area contributed by atoms with Crippen molar-refractivity contribution in [3.8, 4) is 0 Å². The third kappa shape index (κ3) is 2.29. The van der Waals surface area contributed by atoms with Crippen LogP contribution in [0.15, 0.2) is 18.7 Å². The van der Waals surface area contributed by atoms with Gasteiger partial charge in [-0.25, -0.2) is 4.57 Å². The van der Waals surface area contributed by atoms with E-state index < -0.39 is 17.9 Å². The minimum absolute atomic E-state index is 0.0752. The molecule has 1 heterocycles. The summed E-state index contributed by atoms with van der Waals surface area (Å²) in [6.07, 6.45) is 4.65. The summed E-state index contributed by atoms with van der Waals surface area (Å²) in [5, 5.41) is 17.1. The number of aromatic amines is 1. The van der Waals surface area contributed by atoms with Gasteiger partial charge < -0.3 is 10.2 Å². The molecule has 3 N–H and O–H groups in total. The Morgan fingerprint density at radius 3 is 2.38 bits per heavy atom. The average Bonchev–Trinajstić information content (AvgIpc) is 2.50. The summed E-state index contributed by atoms with van der Waals surface area (Å²) in [5.74, 6) is -4.07. The highest BCUT2D eigenvalue weighted by molar-refractivity contribution is 5.92. The topological polar surface area (TPSA) is 94.3 Å². The number of hydrogen-bond acceptors (Lipinski definition) is 2. The molecule has 70 valence electrons. The van der Waals surface area contributed by atoms with Gasteiger partial charge in [-0.1, -0.05) is 0 Å². The number of H-pyrrole nitrogens is 1. The molecule has 0 spiro atoms. The Bertz CT molecular complexity index is 292. The second-order valence-corrected chi connectivity index (χ2v) is 2.54. The number of carboxylic acid groups (broad SMARTS) is 2. The highest BCUT2D eigenvalue weighted by atomic mass is 16.4. The number of carboxylic acids is 2. The molecule has 0 atom stereocenters. The van der Waals surface area contributed by atoms with Crippen LogP contribution in [0.3, 0.4) is 0 Å². The zero-order valence-corrected chi connectivity index (χ0v) is 6.67. The predicted octanol–water partition coefficient (Wildman–Crippen LogP) is -0.912. The molecule has 6 nitrogen and oxygen atoms in total. The highest BCUT2D eigenvalue weighted by Gasteiger charge is 2.28. The van der Waals surface area contributed by atoms with E-state index in [1.807, 2.05) is 0 Å². The fraction of sp³-hybridized carbons (Fsp3) is 0.286. The summed E-state index contributed by atoms with van der Waals surface area (Å²) in [6.45, 7) is -0.0752. The summed E-state index contributed by atoms with van der Waals surface area (Å²) >= 11 is 0. The van der Waals surface area contributed by atoms with Crippen molar-refractivity contribution in [3.63, 3.8) is 0 Å². The van der Waals surface area contributed by atoms with E-state index in [0.717, 1.165) is 0 Å². The lowest BCUT2D eigenvalue weighted by molar-refractivity contribution is -0.698. The maximum absolute atomic E-state index is 10.5. The van der Waals surface area contributed by atoms with Gasteiger partial charge in [0.25, 0.3) is 0 Å². The van der Waals surface area contributed by atoms with Crippen LogP contribution in [-0.2, 0) is 16.1 Å². The maximum Gasteiger partial charge on any atom is 0.322 e. The van der Waals surface area contributed by atoms with Gasteiger partial charge in [0.1, 0.15) is 18.9 Å². The quantitative estimate of drug-likeness (QED) is 0.418. The highest BCUT2D eigenvalue weighted by Crippen LogP contribution is 1.96. The van der Waals surface area contributed by atoms with Gasteiger partial charge in [0.15, 0.2) is 5.92 Å². The van der Waals surface area contributed by atoms with Crippen molar-refractivity contribution in [1.82, 2.24) is 4.98 Å². The molecule has 0 unspecified atom stereocenters. The summed E-state index contributed by atoms with van der Waals surface area (Å²) in [6, 6.07) is 0. The smallest absolute Gasteiger partial charge is 0.322 e. The zero-order valence-electron chi connectivity index (χ0n) is 6.67. The number of nitrogens with one attached hydrogen (secondary N) is 1. The predicted molar refractivity (Wildman–Crippen MR) is 39.7 cm³/mol. The van der Waals surface area contributed by atoms with Crippen molar-refractivity contribution in [2.45, 2.75) is 6.54 Å². The Kier molecular flexibility index (Phi) is 2.63. The lowest BCUT2D eigenvalue weighted by Gasteiger charge is -2.02. The van der Waals surface area contributed by atoms with E-state index in [1.54, 1.807) is 12.4 Å². The minimum Gasteiger partial charge on any atom is -0.480 e. The van der Waals surface area contributed by atoms with Crippen molar-refractivity contribution in [1.29, 1.82) is 0 Å². The van der Waals surface area contributed by atoms with Crippen molar-refractivity contribution in [2.24, 2.45) is 5.92 Å². The number of carbonyl (C=O) groups is 2. The molecule has 0 radical (unpaired) electrons. The van der Waals surface area contributed by atoms with Gasteiger partial charge in [0.2, 0.25) is 6.33 Å². The maximum atomic E-state index is 10.5. The third-order valence-electron chi connectivity index (χ3n) is 1.59. The number of nitrogens with zero attached hydrogens (tertiary/aromatic N) is 1. The van der Waals surface area contributed by atoms with Crippen molar-refractivity contribution in [3.05, 3.63) is 18.7 Å². The third-order valence-corrected chi connectivity index (χ3v) is 1.59. The largest absolute Gasteiger partial charge is 0.480 e. The van der Waals surface area contributed by atoms with Crippen LogP contribution in [0.1, 0.15) is 0 Å². The standard InChI is InChI=1S/C7H8N2O4/c10-6(11)5(7(12)13)3-9-2-1-8-4-9/h1-2,4-5H,3H2,(H2,10,11,12,13)/p+1. The average molecular weight is 185 g/mol. The first kappa shape index (κ1) is 9.24. The van der Waals surface area contributed by atoms with Crippen LogP contribution < -0.4 is 4.57 Å². The Hall–Kier alpha value is -1.85. The normalized spacial score (nSPS) is 10.2. The molecule has 0 aliphatic carbocycles. The van der Waals surface area contributed by atoms with Gasteiger partial charge in [0.05, 0.1) is 0 Å². The van der Waals surface area contributed by atoms with Crippen LogP contribution in [0, 0.1) is 5.92 Å². The van der Waals surface area contributed by atoms with E-state index >= 15 is 0 Å². The summed E-state index contributed by atoms with van der Waals surface area (Å²) in [5.41, 5.74) is 0. The van der Waals surface area contributed by atoms with E-state index in [4.69, 9.17) is 10.2 Å². The van der Waals surface area contributed by atoms with Crippen LogP contribution in [-0.4, -0.2) is 27.1 Å². The Morgan fingerprint density at radius 2 is 2.00 bits per heavy atom. The second-order valence-electron chi connectivity index (χ2n) is 2.54. The molecule has 0 amide bonds. The molecule has 1 aromatic rings. The lowest BCUT2D eigenvalue weighted by atomic mass is 10.1. The molecule has 13 heavy (non-hydrogen) atoms. The molecule has 0 bridgehead atoms. The number of aromatic nitrogens is 2. The summed E-state index contributed by atoms with van der Waals surface area (Å²) in [4.78, 5) is 23.6. The van der Waals surface area contributed by atoms with Crippen molar-refractivity contribution >= 4 is 11.9 Å². The molecular weight excluding hydrogens is 176 g/mol. The number of rotatable bonds is 4. The Morgan fingerprint density at radius 1 is 1.38 bits per heavy atom.